The molecule has 1 saturated heterocycles. The molecule has 0 amide bonds. The molecule has 4 bridgehead atoms. The fourth-order valence-electron chi connectivity index (χ4n) is 8.05. The number of carboxylic acids is 1. The Bertz CT molecular complexity index is 691. The van der Waals surface area contributed by atoms with E-state index in [9.17, 15) is 24.9 Å². The number of aliphatic carboxylic acids is 1. The van der Waals surface area contributed by atoms with Gasteiger partial charge in [0.1, 0.15) is 5.60 Å². The van der Waals surface area contributed by atoms with E-state index in [0.29, 0.717) is 38.5 Å². The smallest absolute Gasteiger partial charge is 0.315 e. The fraction of sp³-hybridized carbons (Fsp3) is 0.895. The summed E-state index contributed by atoms with van der Waals surface area (Å²) in [7, 11) is 0. The van der Waals surface area contributed by atoms with Gasteiger partial charge in [-0.2, -0.15) is 0 Å². The molecule has 1 heterocycles. The van der Waals surface area contributed by atoms with Gasteiger partial charge in [0.2, 0.25) is 0 Å². The lowest BCUT2D eigenvalue weighted by Gasteiger charge is -2.46. The molecule has 9 atom stereocenters. The molecule has 1 unspecified atom stereocenters. The molecule has 5 aliphatic rings. The van der Waals surface area contributed by atoms with E-state index < -0.39 is 51.9 Å². The summed E-state index contributed by atoms with van der Waals surface area (Å²) in [5, 5.41) is 31.9. The van der Waals surface area contributed by atoms with Crippen molar-refractivity contribution in [2.24, 2.45) is 34.5 Å². The quantitative estimate of drug-likeness (QED) is 0.617. The van der Waals surface area contributed by atoms with Crippen molar-refractivity contribution in [3.63, 3.8) is 0 Å². The van der Waals surface area contributed by atoms with Crippen molar-refractivity contribution >= 4 is 11.9 Å². The standard InChI is InChI=1S/C19H26O6/c1-9-7-17-8-18(9,24)5-3-10(17)19-6-4-11(20)16(2,15(23)25-19)13(19)12(17)14(21)22/h9-13,20,24H,3-8H2,1-2H3,(H,21,22)/t9-,10?,11-,12+,13+,16-,17-,18+,19-/m0/s1. The summed E-state index contributed by atoms with van der Waals surface area (Å²) in [6.07, 6.45) is 2.61. The lowest BCUT2D eigenvalue weighted by Crippen LogP contribution is -2.53. The van der Waals surface area contributed by atoms with Gasteiger partial charge in [0, 0.05) is 11.8 Å². The molecule has 5 rings (SSSR count). The molecule has 0 aromatic heterocycles. The van der Waals surface area contributed by atoms with Crippen LogP contribution in [0.25, 0.3) is 0 Å². The maximum atomic E-state index is 12.7. The topological polar surface area (TPSA) is 104 Å². The van der Waals surface area contributed by atoms with Gasteiger partial charge in [0.05, 0.1) is 23.0 Å². The molecule has 0 radical (unpaired) electrons. The highest BCUT2D eigenvalue weighted by Crippen LogP contribution is 2.78. The number of fused-ring (bicyclic) bond motifs is 1. The second kappa shape index (κ2) is 4.22. The molecule has 138 valence electrons. The highest BCUT2D eigenvalue weighted by Gasteiger charge is 2.84. The van der Waals surface area contributed by atoms with E-state index in [1.807, 2.05) is 6.92 Å². The maximum absolute atomic E-state index is 12.7. The van der Waals surface area contributed by atoms with Gasteiger partial charge >= 0.3 is 11.9 Å². The zero-order valence-corrected chi connectivity index (χ0v) is 14.7. The van der Waals surface area contributed by atoms with Crippen molar-refractivity contribution in [3.05, 3.63) is 0 Å². The van der Waals surface area contributed by atoms with Crippen LogP contribution in [0.5, 0.6) is 0 Å². The van der Waals surface area contributed by atoms with E-state index in [4.69, 9.17) is 4.74 Å². The Hall–Kier alpha value is -1.14. The molecule has 5 fully saturated rings. The van der Waals surface area contributed by atoms with E-state index in [1.54, 1.807) is 6.92 Å². The van der Waals surface area contributed by atoms with Gasteiger partial charge in [0.25, 0.3) is 0 Å². The molecule has 1 aliphatic heterocycles. The van der Waals surface area contributed by atoms with Crippen LogP contribution in [0.2, 0.25) is 0 Å². The Labute approximate surface area is 146 Å². The van der Waals surface area contributed by atoms with Crippen molar-refractivity contribution < 1.29 is 29.6 Å². The van der Waals surface area contributed by atoms with E-state index in [2.05, 4.69) is 0 Å². The Morgan fingerprint density at radius 3 is 2.68 bits per heavy atom. The number of rotatable bonds is 1. The van der Waals surface area contributed by atoms with Crippen molar-refractivity contribution in [1.29, 1.82) is 0 Å². The monoisotopic (exact) mass is 350 g/mol. The first kappa shape index (κ1) is 16.1. The second-order valence-corrected chi connectivity index (χ2v) is 9.69. The van der Waals surface area contributed by atoms with E-state index >= 15 is 0 Å². The number of carboxylic acid groups (broad SMARTS) is 1. The number of carbonyl (C=O) groups is 2. The SMILES string of the molecule is C[C@H]1C[C@]23C[C@]1(O)CCC2[C@]12CC[C@H](O)[C@](C)(C(=O)O1)[C@H]2[C@@H]3C(=O)O. The Balaban J connectivity index is 1.75. The number of aliphatic hydroxyl groups is 2. The van der Waals surface area contributed by atoms with Gasteiger partial charge in [-0.25, -0.2) is 0 Å². The van der Waals surface area contributed by atoms with Crippen LogP contribution >= 0.6 is 0 Å². The molecule has 0 aromatic rings. The fourth-order valence-corrected chi connectivity index (χ4v) is 8.05. The van der Waals surface area contributed by atoms with Crippen LogP contribution in [-0.2, 0) is 14.3 Å². The van der Waals surface area contributed by atoms with Crippen LogP contribution in [0.1, 0.15) is 52.4 Å². The lowest BCUT2D eigenvalue weighted by atomic mass is 9.59. The number of hydrogen-bond acceptors (Lipinski definition) is 5. The minimum Gasteiger partial charge on any atom is -0.481 e. The molecule has 4 aliphatic carbocycles. The first-order valence-electron chi connectivity index (χ1n) is 9.48. The Morgan fingerprint density at radius 2 is 2.00 bits per heavy atom. The third kappa shape index (κ3) is 1.45. The summed E-state index contributed by atoms with van der Waals surface area (Å²) in [6, 6.07) is 0. The van der Waals surface area contributed by atoms with Crippen LogP contribution < -0.4 is 0 Å². The number of esters is 1. The number of hydrogen-bond donors (Lipinski definition) is 3. The van der Waals surface area contributed by atoms with Crippen molar-refractivity contribution in [3.8, 4) is 0 Å². The summed E-state index contributed by atoms with van der Waals surface area (Å²) < 4.78 is 5.99. The van der Waals surface area contributed by atoms with Gasteiger partial charge in [0.15, 0.2) is 0 Å². The lowest BCUT2D eigenvalue weighted by molar-refractivity contribution is -0.164. The van der Waals surface area contributed by atoms with Crippen LogP contribution in [0.3, 0.4) is 0 Å². The highest BCUT2D eigenvalue weighted by atomic mass is 16.6. The van der Waals surface area contributed by atoms with Crippen LogP contribution in [-0.4, -0.2) is 44.6 Å². The predicted molar refractivity (Wildman–Crippen MR) is 85.3 cm³/mol. The van der Waals surface area contributed by atoms with E-state index in [0.717, 1.165) is 0 Å². The minimum atomic E-state index is -1.16. The van der Waals surface area contributed by atoms with Crippen LogP contribution in [0.15, 0.2) is 0 Å². The zero-order valence-electron chi connectivity index (χ0n) is 14.7. The average molecular weight is 350 g/mol. The summed E-state index contributed by atoms with van der Waals surface area (Å²) in [6.45, 7) is 3.70. The summed E-state index contributed by atoms with van der Waals surface area (Å²) in [5.74, 6) is -2.59. The minimum absolute atomic E-state index is 0.0328. The third-order valence-electron chi connectivity index (χ3n) is 9.00. The van der Waals surface area contributed by atoms with Gasteiger partial charge in [-0.05, 0) is 56.8 Å². The van der Waals surface area contributed by atoms with Crippen molar-refractivity contribution in [1.82, 2.24) is 0 Å². The molecule has 6 heteroatoms. The predicted octanol–water partition coefficient (Wildman–Crippen LogP) is 1.33. The first-order valence-corrected chi connectivity index (χ1v) is 9.48. The largest absolute Gasteiger partial charge is 0.481 e. The van der Waals surface area contributed by atoms with Gasteiger partial charge < -0.3 is 20.1 Å². The molecular weight excluding hydrogens is 324 g/mol. The Morgan fingerprint density at radius 1 is 1.28 bits per heavy atom. The first-order chi connectivity index (χ1) is 11.6. The number of ether oxygens (including phenoxy) is 1. The van der Waals surface area contributed by atoms with Crippen LogP contribution in [0, 0.1) is 34.5 Å². The van der Waals surface area contributed by atoms with E-state index in [1.165, 1.54) is 0 Å². The third-order valence-corrected chi connectivity index (χ3v) is 9.00. The molecule has 1 spiro atoms. The summed E-state index contributed by atoms with van der Waals surface area (Å²) in [5.41, 5.74) is -3.27. The normalized spacial score (nSPS) is 61.6. The molecular formula is C19H26O6. The average Bonchev–Trinajstić information content (AvgIpc) is 2.95. The van der Waals surface area contributed by atoms with Crippen molar-refractivity contribution in [2.45, 2.75) is 69.7 Å². The van der Waals surface area contributed by atoms with Gasteiger partial charge in [-0.3, -0.25) is 9.59 Å². The second-order valence-electron chi connectivity index (χ2n) is 9.69. The maximum Gasteiger partial charge on any atom is 0.315 e. The molecule has 3 N–H and O–H groups in total. The summed E-state index contributed by atoms with van der Waals surface area (Å²) >= 11 is 0. The van der Waals surface area contributed by atoms with Crippen molar-refractivity contribution in [2.75, 3.05) is 0 Å². The number of aliphatic hydroxyl groups excluding tert-OH is 1. The number of carbonyl (C=O) groups excluding carboxylic acids is 1. The molecule has 25 heavy (non-hydrogen) atoms. The van der Waals surface area contributed by atoms with Gasteiger partial charge in [-0.15, -0.1) is 0 Å². The molecule has 0 aromatic carbocycles. The molecule has 4 saturated carbocycles. The summed E-state index contributed by atoms with van der Waals surface area (Å²) in [4.78, 5) is 25.2. The zero-order chi connectivity index (χ0) is 18.0. The van der Waals surface area contributed by atoms with E-state index in [-0.39, 0.29) is 11.8 Å². The highest BCUT2D eigenvalue weighted by molar-refractivity contribution is 5.85. The molecule has 6 nitrogen and oxygen atoms in total. The Kier molecular flexibility index (Phi) is 2.71. The van der Waals surface area contributed by atoms with Crippen LogP contribution in [0.4, 0.5) is 0 Å². The van der Waals surface area contributed by atoms with Gasteiger partial charge in [-0.1, -0.05) is 6.92 Å².